The van der Waals surface area contributed by atoms with E-state index >= 15 is 0 Å². The van der Waals surface area contributed by atoms with Crippen LogP contribution in [0.15, 0.2) is 45.0 Å². The Hall–Kier alpha value is -2.80. The van der Waals surface area contributed by atoms with E-state index in [4.69, 9.17) is 11.6 Å². The van der Waals surface area contributed by atoms with E-state index in [1.807, 2.05) is 31.2 Å². The van der Waals surface area contributed by atoms with Gasteiger partial charge in [-0.05, 0) is 26.0 Å². The van der Waals surface area contributed by atoms with Gasteiger partial charge in [-0.25, -0.2) is 4.79 Å². The zero-order valence-electron chi connectivity index (χ0n) is 15.1. The lowest BCUT2D eigenvalue weighted by Gasteiger charge is -2.09. The summed E-state index contributed by atoms with van der Waals surface area (Å²) in [5.41, 5.74) is 1.83. The molecule has 0 spiro atoms. The Balaban J connectivity index is 2.25. The van der Waals surface area contributed by atoms with Gasteiger partial charge in [0.2, 0.25) is 5.95 Å². The number of hydrogen-bond donors (Lipinski definition) is 1. The number of hydrogen-bond acceptors (Lipinski definition) is 4. The molecule has 0 saturated heterocycles. The number of nitrogens with zero attached hydrogens (tertiary/aromatic N) is 4. The third kappa shape index (κ3) is 3.17. The Morgan fingerprint density at radius 3 is 2.46 bits per heavy atom. The lowest BCUT2D eigenvalue weighted by Crippen LogP contribution is -2.37. The van der Waals surface area contributed by atoms with Gasteiger partial charge in [0.25, 0.3) is 5.56 Å². The highest BCUT2D eigenvalue weighted by Gasteiger charge is 2.18. The van der Waals surface area contributed by atoms with Crippen LogP contribution in [0.2, 0.25) is 0 Å². The first kappa shape index (κ1) is 18.0. The van der Waals surface area contributed by atoms with E-state index in [-0.39, 0.29) is 0 Å². The monoisotopic (exact) mass is 373 g/mol. The van der Waals surface area contributed by atoms with Crippen LogP contribution < -0.4 is 16.6 Å². The predicted molar refractivity (Wildman–Crippen MR) is 104 cm³/mol. The zero-order valence-corrected chi connectivity index (χ0v) is 15.8. The molecule has 0 aliphatic heterocycles. The summed E-state index contributed by atoms with van der Waals surface area (Å²) in [5.74, 6) is 0.469. The van der Waals surface area contributed by atoms with Gasteiger partial charge < -0.3 is 9.88 Å². The second kappa shape index (κ2) is 6.84. The van der Waals surface area contributed by atoms with Crippen molar-refractivity contribution in [2.24, 2.45) is 14.1 Å². The van der Waals surface area contributed by atoms with Gasteiger partial charge in [0.15, 0.2) is 11.2 Å². The first-order chi connectivity index (χ1) is 12.3. The molecule has 2 aromatic heterocycles. The van der Waals surface area contributed by atoms with Gasteiger partial charge in [0, 0.05) is 31.4 Å². The molecular weight excluding hydrogens is 354 g/mol. The van der Waals surface area contributed by atoms with Crippen LogP contribution in [0.4, 0.5) is 11.6 Å². The zero-order chi connectivity index (χ0) is 19.0. The molecule has 0 amide bonds. The number of halogens is 1. The lowest BCUT2D eigenvalue weighted by atomic mass is 10.2. The summed E-state index contributed by atoms with van der Waals surface area (Å²) in [7, 11) is 3.05. The molecule has 136 valence electrons. The number of nitrogens with one attached hydrogen (secondary N) is 1. The summed E-state index contributed by atoms with van der Waals surface area (Å²) in [6, 6.07) is 7.82. The van der Waals surface area contributed by atoms with Gasteiger partial charge in [-0.15, -0.1) is 0 Å². The number of benzene rings is 1. The van der Waals surface area contributed by atoms with Crippen LogP contribution in [0.5, 0.6) is 0 Å². The average molecular weight is 374 g/mol. The molecule has 0 bridgehead atoms. The van der Waals surface area contributed by atoms with Crippen LogP contribution in [0.25, 0.3) is 11.2 Å². The van der Waals surface area contributed by atoms with Gasteiger partial charge in [-0.1, -0.05) is 35.4 Å². The maximum Gasteiger partial charge on any atom is 0.332 e. The third-order valence-electron chi connectivity index (χ3n) is 4.21. The second-order valence-electron chi connectivity index (χ2n) is 6.21. The number of rotatable bonds is 4. The highest BCUT2D eigenvalue weighted by atomic mass is 35.5. The molecule has 1 aromatic carbocycles. The SMILES string of the molecule is CC(Cl)=CCn1c(Nc2ccc(C)cc2)nc2c1c(=O)n(C)c(=O)n2C. The fraction of sp³-hybridized carbons (Fsp3) is 0.278. The molecule has 8 heteroatoms. The molecule has 0 aliphatic rings. The second-order valence-corrected chi connectivity index (χ2v) is 6.80. The van der Waals surface area contributed by atoms with E-state index in [1.54, 1.807) is 24.6 Å². The number of anilines is 2. The highest BCUT2D eigenvalue weighted by molar-refractivity contribution is 6.29. The minimum Gasteiger partial charge on any atom is -0.326 e. The Labute approximate surface area is 155 Å². The van der Waals surface area contributed by atoms with E-state index in [0.29, 0.717) is 28.7 Å². The average Bonchev–Trinajstić information content (AvgIpc) is 2.96. The molecule has 26 heavy (non-hydrogen) atoms. The quantitative estimate of drug-likeness (QED) is 0.763. The molecule has 0 aliphatic carbocycles. The maximum atomic E-state index is 12.7. The van der Waals surface area contributed by atoms with Gasteiger partial charge in [-0.2, -0.15) is 4.98 Å². The molecule has 3 rings (SSSR count). The van der Waals surface area contributed by atoms with E-state index in [1.165, 1.54) is 11.6 Å². The van der Waals surface area contributed by atoms with Crippen LogP contribution in [-0.2, 0) is 20.6 Å². The van der Waals surface area contributed by atoms with Crippen molar-refractivity contribution in [1.82, 2.24) is 18.7 Å². The number of imidazole rings is 1. The van der Waals surface area contributed by atoms with E-state index in [2.05, 4.69) is 10.3 Å². The molecule has 2 heterocycles. The molecule has 0 atom stereocenters. The van der Waals surface area contributed by atoms with Crippen LogP contribution in [0, 0.1) is 6.92 Å². The molecule has 0 unspecified atom stereocenters. The number of fused-ring (bicyclic) bond motifs is 1. The van der Waals surface area contributed by atoms with Crippen molar-refractivity contribution in [3.05, 3.63) is 61.8 Å². The highest BCUT2D eigenvalue weighted by Crippen LogP contribution is 2.21. The summed E-state index contributed by atoms with van der Waals surface area (Å²) in [6.45, 7) is 4.13. The van der Waals surface area contributed by atoms with Crippen LogP contribution >= 0.6 is 11.6 Å². The minimum atomic E-state index is -0.418. The largest absolute Gasteiger partial charge is 0.332 e. The number of aromatic nitrogens is 4. The lowest BCUT2D eigenvalue weighted by molar-refractivity contribution is 0.703. The first-order valence-corrected chi connectivity index (χ1v) is 8.49. The van der Waals surface area contributed by atoms with Crippen LogP contribution in [-0.4, -0.2) is 18.7 Å². The summed E-state index contributed by atoms with van der Waals surface area (Å²) in [4.78, 5) is 29.4. The minimum absolute atomic E-state index is 0.327. The number of aryl methyl sites for hydroxylation is 2. The summed E-state index contributed by atoms with van der Waals surface area (Å²) in [5, 5.41) is 3.83. The maximum absolute atomic E-state index is 12.7. The molecule has 0 saturated carbocycles. The summed E-state index contributed by atoms with van der Waals surface area (Å²) >= 11 is 5.97. The third-order valence-corrected chi connectivity index (χ3v) is 4.37. The predicted octanol–water partition coefficient (Wildman–Crippen LogP) is 2.63. The van der Waals surface area contributed by atoms with Crippen molar-refractivity contribution in [2.75, 3.05) is 5.32 Å². The van der Waals surface area contributed by atoms with Crippen molar-refractivity contribution >= 4 is 34.4 Å². The summed E-state index contributed by atoms with van der Waals surface area (Å²) < 4.78 is 4.17. The van der Waals surface area contributed by atoms with Crippen molar-refractivity contribution in [3.8, 4) is 0 Å². The Bertz CT molecular complexity index is 1120. The Morgan fingerprint density at radius 1 is 1.19 bits per heavy atom. The molecular formula is C18H20ClN5O2. The van der Waals surface area contributed by atoms with Crippen molar-refractivity contribution in [1.29, 1.82) is 0 Å². The smallest absolute Gasteiger partial charge is 0.326 e. The molecule has 1 N–H and O–H groups in total. The van der Waals surface area contributed by atoms with Gasteiger partial charge in [0.05, 0.1) is 0 Å². The fourth-order valence-electron chi connectivity index (χ4n) is 2.70. The topological polar surface area (TPSA) is 73.8 Å². The summed E-state index contributed by atoms with van der Waals surface area (Å²) in [6.07, 6.45) is 1.79. The normalized spacial score (nSPS) is 12.0. The van der Waals surface area contributed by atoms with Crippen LogP contribution in [0.3, 0.4) is 0 Å². The molecule has 0 radical (unpaired) electrons. The van der Waals surface area contributed by atoms with E-state index in [9.17, 15) is 9.59 Å². The Kier molecular flexibility index (Phi) is 4.73. The van der Waals surface area contributed by atoms with Gasteiger partial charge in [0.1, 0.15) is 0 Å². The van der Waals surface area contributed by atoms with E-state index in [0.717, 1.165) is 15.8 Å². The van der Waals surface area contributed by atoms with Crippen LogP contribution in [0.1, 0.15) is 12.5 Å². The fourth-order valence-corrected chi connectivity index (χ4v) is 2.77. The molecule has 7 nitrogen and oxygen atoms in total. The van der Waals surface area contributed by atoms with Crippen molar-refractivity contribution < 1.29 is 0 Å². The number of allylic oxidation sites excluding steroid dienone is 2. The molecule has 0 fully saturated rings. The van der Waals surface area contributed by atoms with Gasteiger partial charge >= 0.3 is 5.69 Å². The Morgan fingerprint density at radius 2 is 1.85 bits per heavy atom. The van der Waals surface area contributed by atoms with Gasteiger partial charge in [-0.3, -0.25) is 13.9 Å². The van der Waals surface area contributed by atoms with E-state index < -0.39 is 11.2 Å². The van der Waals surface area contributed by atoms with Crippen molar-refractivity contribution in [2.45, 2.75) is 20.4 Å². The standard InChI is InChI=1S/C18H20ClN5O2/c1-11-5-7-13(8-6-11)20-17-21-15-14(24(17)10-9-12(2)19)16(25)23(4)18(26)22(15)3/h5-9H,10H2,1-4H3,(H,20,21). The molecule has 3 aromatic rings. The van der Waals surface area contributed by atoms with Crippen molar-refractivity contribution in [3.63, 3.8) is 0 Å². The first-order valence-electron chi connectivity index (χ1n) is 8.12.